The Morgan fingerprint density at radius 1 is 1.45 bits per heavy atom. The molecule has 6 heteroatoms. The van der Waals surface area contributed by atoms with Gasteiger partial charge in [-0.2, -0.15) is 0 Å². The number of benzene rings is 1. The molecular formula is C14H22N2O3S. The highest BCUT2D eigenvalue weighted by atomic mass is 32.2. The Balaban J connectivity index is 2.02. The van der Waals surface area contributed by atoms with E-state index < -0.39 is 10.0 Å². The first-order chi connectivity index (χ1) is 9.24. The van der Waals surface area contributed by atoms with Gasteiger partial charge in [-0.1, -0.05) is 26.0 Å². The zero-order valence-electron chi connectivity index (χ0n) is 12.1. The third-order valence-corrected chi connectivity index (χ3v) is 5.45. The van der Waals surface area contributed by atoms with E-state index >= 15 is 0 Å². The molecule has 1 aromatic carbocycles. The summed E-state index contributed by atoms with van der Waals surface area (Å²) in [4.78, 5) is 0. The lowest BCUT2D eigenvalue weighted by Gasteiger charge is -2.50. The molecule has 0 heterocycles. The number of anilines is 1. The van der Waals surface area contributed by atoms with Gasteiger partial charge in [0.25, 0.3) is 0 Å². The number of rotatable bonds is 5. The topological polar surface area (TPSA) is 81.4 Å². The van der Waals surface area contributed by atoms with Gasteiger partial charge in [0.15, 0.2) is 0 Å². The van der Waals surface area contributed by atoms with Crippen LogP contribution in [0.25, 0.3) is 0 Å². The molecule has 3 N–H and O–H groups in total. The summed E-state index contributed by atoms with van der Waals surface area (Å²) in [6.45, 7) is 4.02. The summed E-state index contributed by atoms with van der Waals surface area (Å²) in [6, 6.07) is 6.86. The van der Waals surface area contributed by atoms with Crippen molar-refractivity contribution in [3.8, 4) is 0 Å². The van der Waals surface area contributed by atoms with Crippen molar-refractivity contribution in [3.05, 3.63) is 29.8 Å². The zero-order chi connectivity index (χ0) is 15.0. The molecule has 2 atom stereocenters. The normalized spacial score (nSPS) is 25.1. The summed E-state index contributed by atoms with van der Waals surface area (Å²) < 4.78 is 32.5. The molecular weight excluding hydrogens is 276 g/mol. The molecule has 0 saturated heterocycles. The highest BCUT2D eigenvalue weighted by Crippen LogP contribution is 2.42. The first-order valence-electron chi connectivity index (χ1n) is 6.62. The van der Waals surface area contributed by atoms with Crippen LogP contribution in [0.1, 0.15) is 25.8 Å². The van der Waals surface area contributed by atoms with Crippen LogP contribution in [0.15, 0.2) is 24.3 Å². The van der Waals surface area contributed by atoms with Crippen LogP contribution >= 0.6 is 0 Å². The number of methoxy groups -OCH3 is 1. The summed E-state index contributed by atoms with van der Waals surface area (Å²) in [6.07, 6.45) is 0.808. The van der Waals surface area contributed by atoms with Gasteiger partial charge in [-0.15, -0.1) is 0 Å². The first-order valence-corrected chi connectivity index (χ1v) is 8.27. The molecule has 1 aromatic rings. The molecule has 0 spiro atoms. The molecule has 1 aliphatic rings. The Kier molecular flexibility index (Phi) is 4.09. The van der Waals surface area contributed by atoms with E-state index in [4.69, 9.17) is 10.5 Å². The number of nitrogen functional groups attached to an aromatic ring is 1. The van der Waals surface area contributed by atoms with Crippen LogP contribution in [-0.4, -0.2) is 27.7 Å². The average Bonchev–Trinajstić information content (AvgIpc) is 2.33. The van der Waals surface area contributed by atoms with Crippen molar-refractivity contribution in [2.45, 2.75) is 38.2 Å². The van der Waals surface area contributed by atoms with Gasteiger partial charge in [-0.3, -0.25) is 0 Å². The van der Waals surface area contributed by atoms with Crippen molar-refractivity contribution in [1.82, 2.24) is 4.72 Å². The Morgan fingerprint density at radius 2 is 2.15 bits per heavy atom. The lowest BCUT2D eigenvalue weighted by molar-refractivity contribution is -0.0908. The predicted octanol–water partition coefficient (Wildman–Crippen LogP) is 1.50. The molecule has 0 radical (unpaired) electrons. The molecule has 0 aliphatic heterocycles. The van der Waals surface area contributed by atoms with E-state index in [0.29, 0.717) is 17.7 Å². The van der Waals surface area contributed by atoms with Gasteiger partial charge >= 0.3 is 0 Å². The summed E-state index contributed by atoms with van der Waals surface area (Å²) in [5.74, 6) is -0.0533. The summed E-state index contributed by atoms with van der Waals surface area (Å²) in [7, 11) is -1.72. The lowest BCUT2D eigenvalue weighted by atomic mass is 9.65. The van der Waals surface area contributed by atoms with E-state index in [0.717, 1.165) is 0 Å². The molecule has 2 rings (SSSR count). The third kappa shape index (κ3) is 3.13. The molecule has 0 bridgehead atoms. The van der Waals surface area contributed by atoms with Crippen LogP contribution in [0.4, 0.5) is 5.69 Å². The van der Waals surface area contributed by atoms with Gasteiger partial charge in [0.1, 0.15) is 0 Å². The number of nitrogens with two attached hydrogens (primary N) is 1. The van der Waals surface area contributed by atoms with Crippen LogP contribution in [0.2, 0.25) is 0 Å². The minimum Gasteiger partial charge on any atom is -0.399 e. The summed E-state index contributed by atoms with van der Waals surface area (Å²) in [5, 5.41) is 0. The highest BCUT2D eigenvalue weighted by Gasteiger charge is 2.49. The molecule has 112 valence electrons. The van der Waals surface area contributed by atoms with E-state index in [-0.39, 0.29) is 23.3 Å². The van der Waals surface area contributed by atoms with Gasteiger partial charge in [-0.05, 0) is 24.1 Å². The van der Waals surface area contributed by atoms with Crippen molar-refractivity contribution in [2.75, 3.05) is 12.8 Å². The summed E-state index contributed by atoms with van der Waals surface area (Å²) >= 11 is 0. The second kappa shape index (κ2) is 5.35. The van der Waals surface area contributed by atoms with E-state index in [9.17, 15) is 8.42 Å². The van der Waals surface area contributed by atoms with E-state index in [1.165, 1.54) is 0 Å². The maximum absolute atomic E-state index is 12.2. The fraction of sp³-hybridized carbons (Fsp3) is 0.571. The Morgan fingerprint density at radius 3 is 2.70 bits per heavy atom. The Bertz CT molecular complexity index is 584. The number of ether oxygens (including phenoxy) is 1. The fourth-order valence-corrected chi connectivity index (χ4v) is 4.18. The van der Waals surface area contributed by atoms with Crippen LogP contribution in [-0.2, 0) is 20.5 Å². The third-order valence-electron chi connectivity index (χ3n) is 4.09. The lowest BCUT2D eigenvalue weighted by Crippen LogP contribution is -2.61. The van der Waals surface area contributed by atoms with Gasteiger partial charge in [0.2, 0.25) is 10.0 Å². The van der Waals surface area contributed by atoms with Crippen molar-refractivity contribution in [3.63, 3.8) is 0 Å². The largest absolute Gasteiger partial charge is 0.399 e. The maximum atomic E-state index is 12.2. The van der Waals surface area contributed by atoms with Gasteiger partial charge in [0.05, 0.1) is 11.9 Å². The molecule has 1 saturated carbocycles. The van der Waals surface area contributed by atoms with Crippen LogP contribution in [0.5, 0.6) is 0 Å². The maximum Gasteiger partial charge on any atom is 0.216 e. The van der Waals surface area contributed by atoms with Crippen molar-refractivity contribution < 1.29 is 13.2 Å². The predicted molar refractivity (Wildman–Crippen MR) is 79.6 cm³/mol. The molecule has 5 nitrogen and oxygen atoms in total. The standard InChI is InChI=1S/C14H22N2O3S/c1-14(2)12(8-13(14)19-3)16-20(17,18)9-10-5-4-6-11(15)7-10/h4-7,12-13,16H,8-9,15H2,1-3H3. The van der Waals surface area contributed by atoms with Gasteiger partial charge in [0, 0.05) is 24.3 Å². The first kappa shape index (κ1) is 15.3. The van der Waals surface area contributed by atoms with E-state index in [1.54, 1.807) is 31.4 Å². The monoisotopic (exact) mass is 298 g/mol. The molecule has 1 fully saturated rings. The molecule has 2 unspecified atom stereocenters. The number of hydrogen-bond acceptors (Lipinski definition) is 4. The molecule has 1 aliphatic carbocycles. The van der Waals surface area contributed by atoms with E-state index in [1.807, 2.05) is 13.8 Å². The van der Waals surface area contributed by atoms with E-state index in [2.05, 4.69) is 4.72 Å². The average molecular weight is 298 g/mol. The highest BCUT2D eigenvalue weighted by molar-refractivity contribution is 7.88. The number of nitrogens with one attached hydrogen (secondary N) is 1. The number of sulfonamides is 1. The van der Waals surface area contributed by atoms with Crippen molar-refractivity contribution in [2.24, 2.45) is 5.41 Å². The minimum absolute atomic E-state index is 0.0533. The van der Waals surface area contributed by atoms with Crippen LogP contribution < -0.4 is 10.5 Å². The Hall–Kier alpha value is -1.11. The minimum atomic E-state index is -3.38. The SMILES string of the molecule is COC1CC(NS(=O)(=O)Cc2cccc(N)c2)C1(C)C. The second-order valence-corrected chi connectivity index (χ2v) is 7.71. The quantitative estimate of drug-likeness (QED) is 0.807. The van der Waals surface area contributed by atoms with Crippen molar-refractivity contribution in [1.29, 1.82) is 0 Å². The Labute approximate surface area is 120 Å². The smallest absolute Gasteiger partial charge is 0.216 e. The van der Waals surface area contributed by atoms with Gasteiger partial charge < -0.3 is 10.5 Å². The second-order valence-electron chi connectivity index (χ2n) is 5.96. The number of hydrogen-bond donors (Lipinski definition) is 2. The molecule has 20 heavy (non-hydrogen) atoms. The zero-order valence-corrected chi connectivity index (χ0v) is 12.9. The fourth-order valence-electron chi connectivity index (χ4n) is 2.65. The molecule has 0 amide bonds. The van der Waals surface area contributed by atoms with Crippen molar-refractivity contribution >= 4 is 15.7 Å². The van der Waals surface area contributed by atoms with Gasteiger partial charge in [-0.25, -0.2) is 13.1 Å². The van der Waals surface area contributed by atoms with Crippen LogP contribution in [0.3, 0.4) is 0 Å². The molecule has 0 aromatic heterocycles. The summed E-state index contributed by atoms with van der Waals surface area (Å²) in [5.41, 5.74) is 6.74. The van der Waals surface area contributed by atoms with Crippen LogP contribution in [0, 0.1) is 5.41 Å².